The summed E-state index contributed by atoms with van der Waals surface area (Å²) < 4.78 is 37.7. The molecule has 0 aromatic carbocycles. The van der Waals surface area contributed by atoms with Gasteiger partial charge in [-0.2, -0.15) is 13.2 Å². The molecule has 1 fully saturated rings. The SMILES string of the molecule is CN=C(NCc1nc(C(F)(F)F)cs1)N1CCN(C(=O)C(C)C)CC1. The number of aromatic nitrogens is 1. The standard InChI is InChI=1S/C15H22F3N5OS/c1-10(2)13(24)22-4-6-23(7-5-22)14(19-3)20-8-12-21-11(9-25-12)15(16,17)18/h9-10H,4-8H2,1-3H3,(H,19,20). The lowest BCUT2D eigenvalue weighted by atomic mass is 10.1. The number of hydrogen-bond donors (Lipinski definition) is 1. The fourth-order valence-electron chi connectivity index (χ4n) is 2.51. The van der Waals surface area contributed by atoms with E-state index in [-0.39, 0.29) is 18.4 Å². The summed E-state index contributed by atoms with van der Waals surface area (Å²) in [4.78, 5) is 23.6. The Morgan fingerprint density at radius 3 is 2.40 bits per heavy atom. The number of aliphatic imine (C=N–C) groups is 1. The van der Waals surface area contributed by atoms with Gasteiger partial charge < -0.3 is 15.1 Å². The third kappa shape index (κ3) is 5.07. The Bertz CT molecular complexity index is 621. The number of halogens is 3. The van der Waals surface area contributed by atoms with Gasteiger partial charge in [-0.25, -0.2) is 4.98 Å². The lowest BCUT2D eigenvalue weighted by Crippen LogP contribution is -2.54. The molecule has 0 aliphatic carbocycles. The zero-order valence-electron chi connectivity index (χ0n) is 14.4. The van der Waals surface area contributed by atoms with Crippen molar-refractivity contribution in [2.45, 2.75) is 26.6 Å². The van der Waals surface area contributed by atoms with E-state index in [0.29, 0.717) is 37.1 Å². The number of alkyl halides is 3. The number of carbonyl (C=O) groups is 1. The van der Waals surface area contributed by atoms with E-state index in [2.05, 4.69) is 15.3 Å². The Balaban J connectivity index is 1.87. The molecular formula is C15H22F3N5OS. The minimum atomic E-state index is -4.42. The average Bonchev–Trinajstić information content (AvgIpc) is 3.04. The van der Waals surface area contributed by atoms with E-state index in [4.69, 9.17) is 0 Å². The summed E-state index contributed by atoms with van der Waals surface area (Å²) in [5.41, 5.74) is -0.870. The van der Waals surface area contributed by atoms with Gasteiger partial charge >= 0.3 is 6.18 Å². The van der Waals surface area contributed by atoms with Crippen LogP contribution in [0.5, 0.6) is 0 Å². The molecule has 0 spiro atoms. The normalized spacial score (nSPS) is 16.5. The third-order valence-corrected chi connectivity index (χ3v) is 4.69. The van der Waals surface area contributed by atoms with Gasteiger partial charge in [-0.3, -0.25) is 9.79 Å². The maximum Gasteiger partial charge on any atom is 0.434 e. The maximum absolute atomic E-state index is 12.6. The molecule has 1 amide bonds. The van der Waals surface area contributed by atoms with Gasteiger partial charge in [0.05, 0.1) is 6.54 Å². The van der Waals surface area contributed by atoms with E-state index in [9.17, 15) is 18.0 Å². The van der Waals surface area contributed by atoms with E-state index in [0.717, 1.165) is 16.7 Å². The molecule has 0 unspecified atom stereocenters. The second-order valence-electron chi connectivity index (χ2n) is 5.99. The van der Waals surface area contributed by atoms with E-state index in [1.54, 1.807) is 7.05 Å². The Morgan fingerprint density at radius 1 is 1.32 bits per heavy atom. The quantitative estimate of drug-likeness (QED) is 0.647. The first-order valence-corrected chi connectivity index (χ1v) is 8.86. The van der Waals surface area contributed by atoms with Crippen molar-refractivity contribution in [3.05, 3.63) is 16.1 Å². The summed E-state index contributed by atoms with van der Waals surface area (Å²) in [5, 5.41) is 4.40. The molecule has 25 heavy (non-hydrogen) atoms. The number of hydrogen-bond acceptors (Lipinski definition) is 4. The molecule has 0 bridgehead atoms. The molecule has 1 N–H and O–H groups in total. The monoisotopic (exact) mass is 377 g/mol. The molecule has 1 aromatic heterocycles. The minimum Gasteiger partial charge on any atom is -0.350 e. The number of thiazole rings is 1. The number of nitrogens with one attached hydrogen (secondary N) is 1. The molecule has 2 heterocycles. The predicted molar refractivity (Wildman–Crippen MR) is 90.3 cm³/mol. The third-order valence-electron chi connectivity index (χ3n) is 3.84. The molecule has 2 rings (SSSR count). The van der Waals surface area contributed by atoms with Crippen LogP contribution in [0.3, 0.4) is 0 Å². The highest BCUT2D eigenvalue weighted by Gasteiger charge is 2.33. The highest BCUT2D eigenvalue weighted by Crippen LogP contribution is 2.29. The Hall–Kier alpha value is -1.84. The van der Waals surface area contributed by atoms with Gasteiger partial charge in [0.15, 0.2) is 11.7 Å². The van der Waals surface area contributed by atoms with Crippen LogP contribution in [0.25, 0.3) is 0 Å². The number of rotatable bonds is 3. The molecule has 1 saturated heterocycles. The van der Waals surface area contributed by atoms with E-state index < -0.39 is 11.9 Å². The van der Waals surface area contributed by atoms with Crippen LogP contribution < -0.4 is 5.32 Å². The van der Waals surface area contributed by atoms with Crippen molar-refractivity contribution < 1.29 is 18.0 Å². The highest BCUT2D eigenvalue weighted by molar-refractivity contribution is 7.09. The first kappa shape index (κ1) is 19.5. The van der Waals surface area contributed by atoms with Crippen LogP contribution in [0.15, 0.2) is 10.4 Å². The summed E-state index contributed by atoms with van der Waals surface area (Å²) in [6.07, 6.45) is -4.42. The van der Waals surface area contributed by atoms with Gasteiger partial charge in [-0.15, -0.1) is 11.3 Å². The van der Waals surface area contributed by atoms with Gasteiger partial charge in [0.2, 0.25) is 5.91 Å². The highest BCUT2D eigenvalue weighted by atomic mass is 32.1. The fourth-order valence-corrected chi connectivity index (χ4v) is 3.25. The van der Waals surface area contributed by atoms with Crippen molar-refractivity contribution in [3.63, 3.8) is 0 Å². The van der Waals surface area contributed by atoms with Crippen molar-refractivity contribution in [2.75, 3.05) is 33.2 Å². The molecule has 10 heteroatoms. The van der Waals surface area contributed by atoms with Crippen molar-refractivity contribution >= 4 is 23.2 Å². The molecule has 0 saturated carbocycles. The van der Waals surface area contributed by atoms with E-state index in [1.165, 1.54) is 0 Å². The van der Waals surface area contributed by atoms with Crippen molar-refractivity contribution in [1.29, 1.82) is 0 Å². The average molecular weight is 377 g/mol. The first-order chi connectivity index (χ1) is 11.7. The minimum absolute atomic E-state index is 0.0308. The zero-order chi connectivity index (χ0) is 18.6. The van der Waals surface area contributed by atoms with Gasteiger partial charge in [-0.05, 0) is 0 Å². The van der Waals surface area contributed by atoms with Crippen LogP contribution in [0.1, 0.15) is 24.5 Å². The molecule has 0 radical (unpaired) electrons. The van der Waals surface area contributed by atoms with Crippen molar-refractivity contribution in [2.24, 2.45) is 10.9 Å². The number of carbonyl (C=O) groups excluding carboxylic acids is 1. The summed E-state index contributed by atoms with van der Waals surface area (Å²) in [7, 11) is 1.62. The van der Waals surface area contributed by atoms with Gasteiger partial charge in [0.25, 0.3) is 0 Å². The van der Waals surface area contributed by atoms with Gasteiger partial charge in [0.1, 0.15) is 5.01 Å². The van der Waals surface area contributed by atoms with Crippen LogP contribution in [0.2, 0.25) is 0 Å². The summed E-state index contributed by atoms with van der Waals surface area (Å²) in [5.74, 6) is 0.696. The lowest BCUT2D eigenvalue weighted by Gasteiger charge is -2.37. The number of guanidine groups is 1. The molecule has 6 nitrogen and oxygen atoms in total. The van der Waals surface area contributed by atoms with E-state index >= 15 is 0 Å². The van der Waals surface area contributed by atoms with Gasteiger partial charge in [0, 0.05) is 44.5 Å². The van der Waals surface area contributed by atoms with Crippen LogP contribution in [-0.4, -0.2) is 59.9 Å². The van der Waals surface area contributed by atoms with Crippen molar-refractivity contribution in [1.82, 2.24) is 20.1 Å². The van der Waals surface area contributed by atoms with Crippen LogP contribution in [0, 0.1) is 5.92 Å². The molecule has 1 aliphatic heterocycles. The molecule has 1 aromatic rings. The molecule has 0 atom stereocenters. The predicted octanol–water partition coefficient (Wildman–Crippen LogP) is 2.04. The molecular weight excluding hydrogens is 355 g/mol. The number of piperazine rings is 1. The Kier molecular flexibility index (Phi) is 6.26. The van der Waals surface area contributed by atoms with E-state index in [1.807, 2.05) is 23.6 Å². The second kappa shape index (κ2) is 8.03. The van der Waals surface area contributed by atoms with Crippen LogP contribution >= 0.6 is 11.3 Å². The van der Waals surface area contributed by atoms with Crippen molar-refractivity contribution in [3.8, 4) is 0 Å². The zero-order valence-corrected chi connectivity index (χ0v) is 15.2. The maximum atomic E-state index is 12.6. The topological polar surface area (TPSA) is 60.8 Å². The largest absolute Gasteiger partial charge is 0.434 e. The first-order valence-electron chi connectivity index (χ1n) is 7.98. The molecule has 140 valence electrons. The summed E-state index contributed by atoms with van der Waals surface area (Å²) in [6, 6.07) is 0. The van der Waals surface area contributed by atoms with Crippen LogP contribution in [0.4, 0.5) is 13.2 Å². The smallest absolute Gasteiger partial charge is 0.350 e. The second-order valence-corrected chi connectivity index (χ2v) is 6.93. The fraction of sp³-hybridized carbons (Fsp3) is 0.667. The number of nitrogens with zero attached hydrogens (tertiary/aromatic N) is 4. The van der Waals surface area contributed by atoms with Gasteiger partial charge in [-0.1, -0.05) is 13.8 Å². The summed E-state index contributed by atoms with van der Waals surface area (Å²) in [6.45, 7) is 6.39. The Labute approximate surface area is 148 Å². The number of amides is 1. The Morgan fingerprint density at radius 2 is 1.92 bits per heavy atom. The lowest BCUT2D eigenvalue weighted by molar-refractivity contribution is -0.140. The van der Waals surface area contributed by atoms with Crippen LogP contribution in [-0.2, 0) is 17.5 Å². The summed E-state index contributed by atoms with van der Waals surface area (Å²) >= 11 is 0.963. The molecule has 1 aliphatic rings.